The van der Waals surface area contributed by atoms with Gasteiger partial charge in [-0.1, -0.05) is 35.9 Å². The number of likely N-dealkylation sites (N-methyl/N-ethyl adjacent to an activating group) is 1. The van der Waals surface area contributed by atoms with Crippen LogP contribution in [0.4, 0.5) is 5.69 Å². The van der Waals surface area contributed by atoms with E-state index in [1.54, 1.807) is 38.2 Å². The molecule has 0 N–H and O–H groups in total. The SMILES string of the molecule is CCOC(=O)c1ccc(N=C2SC(=Cc3ccc(OCc4ccc(C)cc4)c(OCC)c3)C(=O)N2C)cc1. The fourth-order valence-electron chi connectivity index (χ4n) is 3.65. The van der Waals surface area contributed by atoms with Gasteiger partial charge in [0.05, 0.1) is 29.4 Å². The number of amidine groups is 1. The van der Waals surface area contributed by atoms with Gasteiger partial charge in [0.2, 0.25) is 0 Å². The Bertz CT molecular complexity index is 1360. The molecule has 1 aliphatic heterocycles. The molecule has 0 unspecified atom stereocenters. The zero-order chi connectivity index (χ0) is 27.1. The highest BCUT2D eigenvalue weighted by atomic mass is 32.2. The molecule has 0 bridgehead atoms. The van der Waals surface area contributed by atoms with Crippen molar-refractivity contribution in [1.29, 1.82) is 0 Å². The summed E-state index contributed by atoms with van der Waals surface area (Å²) in [5, 5.41) is 0.549. The van der Waals surface area contributed by atoms with Crippen molar-refractivity contribution in [2.24, 2.45) is 4.99 Å². The predicted octanol–water partition coefficient (Wildman–Crippen LogP) is 6.38. The van der Waals surface area contributed by atoms with Crippen LogP contribution in [0.15, 0.2) is 76.6 Å². The maximum Gasteiger partial charge on any atom is 0.338 e. The number of thioether (sulfide) groups is 1. The maximum absolute atomic E-state index is 12.9. The highest BCUT2D eigenvalue weighted by molar-refractivity contribution is 8.18. The third kappa shape index (κ3) is 6.63. The summed E-state index contributed by atoms with van der Waals surface area (Å²) in [6, 6.07) is 20.6. The number of aryl methyl sites for hydroxylation is 1. The van der Waals surface area contributed by atoms with Crippen molar-refractivity contribution >= 4 is 40.6 Å². The van der Waals surface area contributed by atoms with E-state index in [4.69, 9.17) is 14.2 Å². The first-order valence-electron chi connectivity index (χ1n) is 12.4. The van der Waals surface area contributed by atoms with Crippen LogP contribution in [0.25, 0.3) is 6.08 Å². The van der Waals surface area contributed by atoms with Crippen LogP contribution in [0.1, 0.15) is 40.9 Å². The summed E-state index contributed by atoms with van der Waals surface area (Å²) < 4.78 is 16.9. The van der Waals surface area contributed by atoms with Gasteiger partial charge in [0.1, 0.15) is 6.61 Å². The molecular formula is C30H30N2O5S. The van der Waals surface area contributed by atoms with Gasteiger partial charge in [-0.25, -0.2) is 9.79 Å². The van der Waals surface area contributed by atoms with Crippen LogP contribution in [-0.4, -0.2) is 42.2 Å². The summed E-state index contributed by atoms with van der Waals surface area (Å²) in [7, 11) is 1.69. The van der Waals surface area contributed by atoms with Gasteiger partial charge in [0.25, 0.3) is 5.91 Å². The third-order valence-electron chi connectivity index (χ3n) is 5.69. The Morgan fingerprint density at radius 1 is 0.947 bits per heavy atom. The molecule has 38 heavy (non-hydrogen) atoms. The highest BCUT2D eigenvalue weighted by Crippen LogP contribution is 2.35. The molecular weight excluding hydrogens is 500 g/mol. The predicted molar refractivity (Wildman–Crippen MR) is 151 cm³/mol. The number of aliphatic imine (C=N–C) groups is 1. The summed E-state index contributed by atoms with van der Waals surface area (Å²) >= 11 is 1.29. The molecule has 0 saturated carbocycles. The standard InChI is InChI=1S/C30H30N2O5S/c1-5-35-26-17-22(11-16-25(26)37-19-21-9-7-20(3)8-10-21)18-27-28(33)32(4)30(38-27)31-24-14-12-23(13-15-24)29(34)36-6-2/h7-18H,5-6,19H2,1-4H3. The molecule has 1 heterocycles. The summed E-state index contributed by atoms with van der Waals surface area (Å²) in [6.45, 7) is 6.97. The number of nitrogens with zero attached hydrogens (tertiary/aromatic N) is 2. The fourth-order valence-corrected chi connectivity index (χ4v) is 4.63. The summed E-state index contributed by atoms with van der Waals surface area (Å²) in [5.41, 5.74) is 4.18. The first kappa shape index (κ1) is 27.0. The lowest BCUT2D eigenvalue weighted by Crippen LogP contribution is -2.23. The first-order chi connectivity index (χ1) is 18.4. The zero-order valence-electron chi connectivity index (χ0n) is 21.9. The lowest BCUT2D eigenvalue weighted by Gasteiger charge is -2.13. The van der Waals surface area contributed by atoms with Crippen molar-refractivity contribution in [1.82, 2.24) is 4.90 Å². The summed E-state index contributed by atoms with van der Waals surface area (Å²) in [4.78, 5) is 31.4. The van der Waals surface area contributed by atoms with Crippen LogP contribution in [0.5, 0.6) is 11.5 Å². The van der Waals surface area contributed by atoms with Crippen LogP contribution in [0, 0.1) is 6.92 Å². The Balaban J connectivity index is 1.50. The first-order valence-corrected chi connectivity index (χ1v) is 13.2. The number of hydrogen-bond donors (Lipinski definition) is 0. The number of carbonyl (C=O) groups is 2. The second kappa shape index (κ2) is 12.5. The highest BCUT2D eigenvalue weighted by Gasteiger charge is 2.30. The van der Waals surface area contributed by atoms with Gasteiger partial charge in [-0.05, 0) is 86.1 Å². The number of hydrogen-bond acceptors (Lipinski definition) is 7. The minimum Gasteiger partial charge on any atom is -0.490 e. The normalized spacial score (nSPS) is 15.3. The van der Waals surface area contributed by atoms with E-state index in [0.29, 0.717) is 52.6 Å². The molecule has 1 amide bonds. The molecule has 196 valence electrons. The number of esters is 1. The molecule has 1 fully saturated rings. The van der Waals surface area contributed by atoms with Gasteiger partial charge in [-0.2, -0.15) is 0 Å². The number of carbonyl (C=O) groups excluding carboxylic acids is 2. The average Bonchev–Trinajstić information content (AvgIpc) is 3.17. The van der Waals surface area contributed by atoms with Gasteiger partial charge in [-0.3, -0.25) is 9.69 Å². The number of rotatable bonds is 9. The van der Waals surface area contributed by atoms with E-state index in [2.05, 4.69) is 24.0 Å². The minimum absolute atomic E-state index is 0.144. The largest absolute Gasteiger partial charge is 0.490 e. The van der Waals surface area contributed by atoms with E-state index in [1.165, 1.54) is 22.2 Å². The number of benzene rings is 3. The van der Waals surface area contributed by atoms with E-state index < -0.39 is 0 Å². The molecule has 0 aromatic heterocycles. The second-order valence-corrected chi connectivity index (χ2v) is 9.56. The molecule has 0 aliphatic carbocycles. The van der Waals surface area contributed by atoms with Gasteiger partial charge in [-0.15, -0.1) is 0 Å². The molecule has 3 aromatic rings. The average molecular weight is 531 g/mol. The molecule has 7 nitrogen and oxygen atoms in total. The number of amides is 1. The Kier molecular flexibility index (Phi) is 8.86. The van der Waals surface area contributed by atoms with E-state index in [-0.39, 0.29) is 11.9 Å². The van der Waals surface area contributed by atoms with Gasteiger partial charge in [0, 0.05) is 7.05 Å². The van der Waals surface area contributed by atoms with E-state index >= 15 is 0 Å². The van der Waals surface area contributed by atoms with Crippen molar-refractivity contribution in [3.8, 4) is 11.5 Å². The monoisotopic (exact) mass is 530 g/mol. The summed E-state index contributed by atoms with van der Waals surface area (Å²) in [5.74, 6) is 0.742. The van der Waals surface area contributed by atoms with E-state index in [0.717, 1.165) is 11.1 Å². The van der Waals surface area contributed by atoms with Gasteiger partial charge >= 0.3 is 5.97 Å². The van der Waals surface area contributed by atoms with Crippen LogP contribution in [0.3, 0.4) is 0 Å². The van der Waals surface area contributed by atoms with Crippen molar-refractivity contribution in [3.63, 3.8) is 0 Å². The molecule has 1 aliphatic rings. The van der Waals surface area contributed by atoms with Crippen LogP contribution < -0.4 is 9.47 Å². The van der Waals surface area contributed by atoms with Crippen LogP contribution in [-0.2, 0) is 16.1 Å². The molecule has 0 spiro atoms. The zero-order valence-corrected chi connectivity index (χ0v) is 22.7. The van der Waals surface area contributed by atoms with E-state index in [1.807, 2.05) is 43.3 Å². The Labute approximate surface area is 227 Å². The van der Waals surface area contributed by atoms with Crippen LogP contribution >= 0.6 is 11.8 Å². The topological polar surface area (TPSA) is 77.4 Å². The van der Waals surface area contributed by atoms with E-state index in [9.17, 15) is 9.59 Å². The Hall–Kier alpha value is -4.04. The molecule has 3 aromatic carbocycles. The van der Waals surface area contributed by atoms with Gasteiger partial charge < -0.3 is 14.2 Å². The van der Waals surface area contributed by atoms with Gasteiger partial charge in [0.15, 0.2) is 16.7 Å². The van der Waals surface area contributed by atoms with Crippen molar-refractivity contribution in [3.05, 3.63) is 93.9 Å². The van der Waals surface area contributed by atoms with Crippen molar-refractivity contribution in [2.75, 3.05) is 20.3 Å². The quantitative estimate of drug-likeness (QED) is 0.236. The minimum atomic E-state index is -0.377. The second-order valence-electron chi connectivity index (χ2n) is 8.55. The number of ether oxygens (including phenoxy) is 3. The molecule has 4 rings (SSSR count). The molecule has 0 radical (unpaired) electrons. The lowest BCUT2D eigenvalue weighted by atomic mass is 10.1. The summed E-state index contributed by atoms with van der Waals surface area (Å²) in [6.07, 6.45) is 1.82. The smallest absolute Gasteiger partial charge is 0.338 e. The molecule has 0 atom stereocenters. The maximum atomic E-state index is 12.9. The molecule has 1 saturated heterocycles. The third-order valence-corrected chi connectivity index (χ3v) is 6.75. The Morgan fingerprint density at radius 3 is 2.37 bits per heavy atom. The van der Waals surface area contributed by atoms with Crippen LogP contribution in [0.2, 0.25) is 0 Å². The molecule has 8 heteroatoms. The fraction of sp³-hybridized carbons (Fsp3) is 0.233. The Morgan fingerprint density at radius 2 is 1.68 bits per heavy atom. The van der Waals surface area contributed by atoms with Crippen molar-refractivity contribution in [2.45, 2.75) is 27.4 Å². The van der Waals surface area contributed by atoms with Crippen molar-refractivity contribution < 1.29 is 23.8 Å². The lowest BCUT2D eigenvalue weighted by molar-refractivity contribution is -0.121.